The molecule has 1 amide bonds. The van der Waals surface area contributed by atoms with Gasteiger partial charge >= 0.3 is 6.09 Å². The first kappa shape index (κ1) is 9.66. The summed E-state index contributed by atoms with van der Waals surface area (Å²) in [7, 11) is 0. The van der Waals surface area contributed by atoms with Gasteiger partial charge in [0.25, 0.3) is 0 Å². The second kappa shape index (κ2) is 3.06. The van der Waals surface area contributed by atoms with Crippen molar-refractivity contribution < 1.29 is 30.0 Å². The number of fused-ring (bicyclic) bond motifs is 1. The van der Waals surface area contributed by atoms with Gasteiger partial charge in [0.05, 0.1) is 0 Å². The Balaban J connectivity index is 2.27. The van der Waals surface area contributed by atoms with Crippen LogP contribution in [0.2, 0.25) is 0 Å². The molecule has 2 saturated heterocycles. The lowest BCUT2D eigenvalue weighted by Gasteiger charge is -2.41. The molecule has 4 N–H and O–H groups in total. The van der Waals surface area contributed by atoms with E-state index in [9.17, 15) is 25.2 Å². The fraction of sp³-hybridized carbons (Fsp3) is 0.857. The Morgan fingerprint density at radius 3 is 2.43 bits per heavy atom. The third-order valence-electron chi connectivity index (χ3n) is 2.63. The molecule has 0 aromatic rings. The Morgan fingerprint density at radius 2 is 1.79 bits per heavy atom. The van der Waals surface area contributed by atoms with Crippen LogP contribution in [0.15, 0.2) is 0 Å². The number of hydrogen-bond donors (Lipinski definition) is 4. The molecule has 2 rings (SSSR count). The SMILES string of the molecule is O=C1OCC2[C@@H](O)[C@H](O)[C@@H](O)[C@@H](O)N12. The van der Waals surface area contributed by atoms with Crippen LogP contribution in [0.1, 0.15) is 0 Å². The molecular formula is C7H11NO6. The van der Waals surface area contributed by atoms with Crippen LogP contribution in [0.4, 0.5) is 4.79 Å². The van der Waals surface area contributed by atoms with E-state index in [-0.39, 0.29) is 6.61 Å². The zero-order chi connectivity index (χ0) is 10.5. The first-order valence-electron chi connectivity index (χ1n) is 4.21. The van der Waals surface area contributed by atoms with E-state index in [1.54, 1.807) is 0 Å². The minimum Gasteiger partial charge on any atom is -0.447 e. The van der Waals surface area contributed by atoms with Crippen LogP contribution < -0.4 is 0 Å². The van der Waals surface area contributed by atoms with E-state index < -0.39 is 36.7 Å². The average Bonchev–Trinajstić information content (AvgIpc) is 2.54. The lowest BCUT2D eigenvalue weighted by Crippen LogP contribution is -2.65. The number of carbonyl (C=O) groups is 1. The molecule has 2 aliphatic heterocycles. The molecule has 5 atom stereocenters. The van der Waals surface area contributed by atoms with Gasteiger partial charge in [-0.25, -0.2) is 4.79 Å². The summed E-state index contributed by atoms with van der Waals surface area (Å²) < 4.78 is 4.58. The fourth-order valence-corrected chi connectivity index (χ4v) is 1.78. The van der Waals surface area contributed by atoms with Gasteiger partial charge in [0, 0.05) is 0 Å². The lowest BCUT2D eigenvalue weighted by atomic mass is 9.94. The maximum atomic E-state index is 11.1. The number of nitrogens with zero attached hydrogens (tertiary/aromatic N) is 1. The number of rotatable bonds is 0. The zero-order valence-electron chi connectivity index (χ0n) is 7.15. The van der Waals surface area contributed by atoms with E-state index in [2.05, 4.69) is 4.74 Å². The minimum absolute atomic E-state index is 0.0964. The quantitative estimate of drug-likeness (QED) is 0.340. The molecule has 7 heteroatoms. The summed E-state index contributed by atoms with van der Waals surface area (Å²) in [5, 5.41) is 37.4. The van der Waals surface area contributed by atoms with Crippen LogP contribution in [-0.2, 0) is 4.74 Å². The van der Waals surface area contributed by atoms with Crippen molar-refractivity contribution in [3.05, 3.63) is 0 Å². The predicted molar refractivity (Wildman–Crippen MR) is 41.0 cm³/mol. The van der Waals surface area contributed by atoms with Crippen LogP contribution in [0.5, 0.6) is 0 Å². The van der Waals surface area contributed by atoms with Crippen molar-refractivity contribution >= 4 is 6.09 Å². The van der Waals surface area contributed by atoms with Gasteiger partial charge in [0.1, 0.15) is 31.0 Å². The highest BCUT2D eigenvalue weighted by molar-refractivity contribution is 5.70. The fourth-order valence-electron chi connectivity index (χ4n) is 1.78. The summed E-state index contributed by atoms with van der Waals surface area (Å²) in [6.07, 6.45) is -6.69. The number of carbonyl (C=O) groups excluding carboxylic acids is 1. The molecule has 1 unspecified atom stereocenters. The summed E-state index contributed by atoms with van der Waals surface area (Å²) in [4.78, 5) is 11.9. The highest BCUT2D eigenvalue weighted by Gasteiger charge is 2.53. The Morgan fingerprint density at radius 1 is 1.14 bits per heavy atom. The van der Waals surface area contributed by atoms with Gasteiger partial charge in [0.2, 0.25) is 0 Å². The molecule has 0 bridgehead atoms. The van der Waals surface area contributed by atoms with E-state index in [1.165, 1.54) is 0 Å². The summed E-state index contributed by atoms with van der Waals surface area (Å²) in [6, 6.07) is -0.795. The standard InChI is InChI=1S/C7H11NO6/c9-3-2-1-14-7(13)8(2)6(12)5(11)4(3)10/h2-6,9-12H,1H2/t2?,3-,4+,5-,6-/m1/s1. The van der Waals surface area contributed by atoms with Crippen molar-refractivity contribution in [1.29, 1.82) is 0 Å². The maximum Gasteiger partial charge on any atom is 0.412 e. The molecule has 14 heavy (non-hydrogen) atoms. The van der Waals surface area contributed by atoms with Crippen molar-refractivity contribution in [3.8, 4) is 0 Å². The van der Waals surface area contributed by atoms with E-state index in [0.717, 1.165) is 4.90 Å². The van der Waals surface area contributed by atoms with E-state index in [1.807, 2.05) is 0 Å². The lowest BCUT2D eigenvalue weighted by molar-refractivity contribution is -0.193. The first-order chi connectivity index (χ1) is 6.54. The van der Waals surface area contributed by atoms with Crippen molar-refractivity contribution in [1.82, 2.24) is 4.90 Å². The number of aliphatic hydroxyl groups excluding tert-OH is 4. The number of cyclic esters (lactones) is 1. The minimum atomic E-state index is -1.58. The van der Waals surface area contributed by atoms with E-state index in [4.69, 9.17) is 0 Å². The molecule has 2 aliphatic rings. The van der Waals surface area contributed by atoms with Gasteiger partial charge in [0.15, 0.2) is 6.23 Å². The predicted octanol–water partition coefficient (Wildman–Crippen LogP) is -2.78. The van der Waals surface area contributed by atoms with E-state index in [0.29, 0.717) is 0 Å². The monoisotopic (exact) mass is 205 g/mol. The maximum absolute atomic E-state index is 11.1. The Bertz CT molecular complexity index is 259. The second-order valence-electron chi connectivity index (χ2n) is 3.44. The van der Waals surface area contributed by atoms with Crippen molar-refractivity contribution in [2.24, 2.45) is 0 Å². The molecular weight excluding hydrogens is 194 g/mol. The number of ether oxygens (including phenoxy) is 1. The molecule has 2 fully saturated rings. The summed E-state index contributed by atoms with van der Waals surface area (Å²) in [5.74, 6) is 0. The van der Waals surface area contributed by atoms with Crippen LogP contribution in [-0.4, -0.2) is 68.6 Å². The third kappa shape index (κ3) is 1.10. The van der Waals surface area contributed by atoms with Crippen LogP contribution in [0.25, 0.3) is 0 Å². The molecule has 0 aliphatic carbocycles. The van der Waals surface area contributed by atoms with Gasteiger partial charge in [-0.05, 0) is 0 Å². The summed E-state index contributed by atoms with van der Waals surface area (Å²) in [5.41, 5.74) is 0. The highest BCUT2D eigenvalue weighted by atomic mass is 16.6. The largest absolute Gasteiger partial charge is 0.447 e. The van der Waals surface area contributed by atoms with Crippen molar-refractivity contribution in [2.75, 3.05) is 6.61 Å². The van der Waals surface area contributed by atoms with Crippen molar-refractivity contribution in [2.45, 2.75) is 30.6 Å². The topological polar surface area (TPSA) is 110 Å². The summed E-state index contributed by atoms with van der Waals surface area (Å²) in [6.45, 7) is -0.0964. The number of amides is 1. The van der Waals surface area contributed by atoms with Gasteiger partial charge in [-0.3, -0.25) is 4.90 Å². The Labute approximate surface area is 79.1 Å². The molecule has 7 nitrogen and oxygen atoms in total. The summed E-state index contributed by atoms with van der Waals surface area (Å²) >= 11 is 0. The number of piperidine rings is 1. The van der Waals surface area contributed by atoms with Gasteiger partial charge < -0.3 is 25.2 Å². The van der Waals surface area contributed by atoms with E-state index >= 15 is 0 Å². The second-order valence-corrected chi connectivity index (χ2v) is 3.44. The molecule has 80 valence electrons. The first-order valence-corrected chi connectivity index (χ1v) is 4.21. The molecule has 0 radical (unpaired) electrons. The smallest absolute Gasteiger partial charge is 0.412 e. The van der Waals surface area contributed by atoms with Gasteiger partial charge in [-0.15, -0.1) is 0 Å². The van der Waals surface area contributed by atoms with Crippen molar-refractivity contribution in [3.63, 3.8) is 0 Å². The average molecular weight is 205 g/mol. The van der Waals surface area contributed by atoms with Crippen LogP contribution >= 0.6 is 0 Å². The third-order valence-corrected chi connectivity index (χ3v) is 2.63. The molecule has 0 saturated carbocycles. The molecule has 0 spiro atoms. The molecule has 2 heterocycles. The normalized spacial score (nSPS) is 47.6. The molecule has 0 aromatic heterocycles. The highest BCUT2D eigenvalue weighted by Crippen LogP contribution is 2.28. The Hall–Kier alpha value is -0.890. The zero-order valence-corrected chi connectivity index (χ0v) is 7.15. The number of hydrogen-bond acceptors (Lipinski definition) is 6. The van der Waals surface area contributed by atoms with Crippen LogP contribution in [0.3, 0.4) is 0 Å². The van der Waals surface area contributed by atoms with Gasteiger partial charge in [-0.1, -0.05) is 0 Å². The number of aliphatic hydroxyl groups is 4. The Kier molecular flexibility index (Phi) is 2.11. The van der Waals surface area contributed by atoms with Gasteiger partial charge in [-0.2, -0.15) is 0 Å². The van der Waals surface area contributed by atoms with Crippen LogP contribution in [0, 0.1) is 0 Å². The molecule has 0 aromatic carbocycles.